The zero-order valence-corrected chi connectivity index (χ0v) is 21.4. The second-order valence-electron chi connectivity index (χ2n) is 8.72. The van der Waals surface area contributed by atoms with E-state index in [1.54, 1.807) is 7.11 Å². The Bertz CT molecular complexity index is 497. The molecule has 1 N–H and O–H groups in total. The quantitative estimate of drug-likeness (QED) is 0.211. The molecule has 3 rings (SSSR count). The van der Waals surface area contributed by atoms with Gasteiger partial charge in [-0.15, -0.1) is 24.0 Å². The van der Waals surface area contributed by atoms with Crippen LogP contribution in [0.15, 0.2) is 4.99 Å². The summed E-state index contributed by atoms with van der Waals surface area (Å²) >= 11 is 0. The van der Waals surface area contributed by atoms with Gasteiger partial charge in [0.1, 0.15) is 0 Å². The highest BCUT2D eigenvalue weighted by Crippen LogP contribution is 2.34. The number of rotatable bonds is 9. The fourth-order valence-electron chi connectivity index (χ4n) is 5.02. The molecule has 1 unspecified atom stereocenters. The number of hydrogen-bond donors (Lipinski definition) is 1. The van der Waals surface area contributed by atoms with Crippen molar-refractivity contribution in [2.45, 2.75) is 51.0 Å². The average Bonchev–Trinajstić information content (AvgIpc) is 3.24. The molecule has 2 saturated heterocycles. The number of ether oxygens (including phenoxy) is 3. The minimum atomic E-state index is 0. The Hall–Kier alpha value is -0.160. The van der Waals surface area contributed by atoms with Crippen LogP contribution in [0.2, 0.25) is 0 Å². The third-order valence-electron chi connectivity index (χ3n) is 6.69. The predicted octanol–water partition coefficient (Wildman–Crippen LogP) is 2.59. The summed E-state index contributed by atoms with van der Waals surface area (Å²) in [6.07, 6.45) is 7.73. The van der Waals surface area contributed by atoms with E-state index in [4.69, 9.17) is 19.2 Å². The number of hydrogen-bond acceptors (Lipinski definition) is 5. The lowest BCUT2D eigenvalue weighted by atomic mass is 9.80. The zero-order valence-electron chi connectivity index (χ0n) is 19.1. The Morgan fingerprint density at radius 1 is 1.13 bits per heavy atom. The maximum absolute atomic E-state index is 5.77. The molecule has 176 valence electrons. The summed E-state index contributed by atoms with van der Waals surface area (Å²) in [5.41, 5.74) is 0.227. The van der Waals surface area contributed by atoms with E-state index >= 15 is 0 Å². The molecule has 0 aromatic rings. The molecule has 2 heterocycles. The van der Waals surface area contributed by atoms with E-state index < -0.39 is 0 Å². The molecule has 8 heteroatoms. The van der Waals surface area contributed by atoms with Gasteiger partial charge in [0.05, 0.1) is 39.6 Å². The summed E-state index contributed by atoms with van der Waals surface area (Å²) in [6.45, 7) is 12.1. The molecule has 0 aromatic carbocycles. The molecule has 2 aliphatic heterocycles. The molecule has 0 bridgehead atoms. The Kier molecular flexibility index (Phi) is 12.2. The van der Waals surface area contributed by atoms with Gasteiger partial charge in [-0.25, -0.2) is 0 Å². The van der Waals surface area contributed by atoms with Crippen LogP contribution in [0.4, 0.5) is 0 Å². The third kappa shape index (κ3) is 7.46. The van der Waals surface area contributed by atoms with Crippen LogP contribution >= 0.6 is 24.0 Å². The van der Waals surface area contributed by atoms with E-state index in [0.717, 1.165) is 65.0 Å². The van der Waals surface area contributed by atoms with Crippen LogP contribution in [-0.4, -0.2) is 101 Å². The lowest BCUT2D eigenvalue weighted by Gasteiger charge is -2.47. The molecular formula is C22H43IN4O3. The first kappa shape index (κ1) is 26.1. The molecule has 3 aliphatic rings. The molecule has 30 heavy (non-hydrogen) atoms. The Morgan fingerprint density at radius 3 is 2.60 bits per heavy atom. The minimum Gasteiger partial charge on any atom is -0.382 e. The number of nitrogens with one attached hydrogen (secondary N) is 1. The van der Waals surface area contributed by atoms with Crippen LogP contribution in [0.1, 0.15) is 45.4 Å². The molecular weight excluding hydrogens is 495 g/mol. The van der Waals surface area contributed by atoms with Crippen LogP contribution < -0.4 is 5.32 Å². The van der Waals surface area contributed by atoms with E-state index in [1.807, 2.05) is 0 Å². The molecule has 0 radical (unpaired) electrons. The van der Waals surface area contributed by atoms with Crippen LogP contribution in [0, 0.1) is 5.92 Å². The Balaban J connectivity index is 0.00000320. The van der Waals surface area contributed by atoms with Gasteiger partial charge < -0.3 is 24.4 Å². The summed E-state index contributed by atoms with van der Waals surface area (Å²) in [5, 5.41) is 3.55. The van der Waals surface area contributed by atoms with Gasteiger partial charge in [-0.2, -0.15) is 0 Å². The maximum atomic E-state index is 5.77. The van der Waals surface area contributed by atoms with Gasteiger partial charge in [0.2, 0.25) is 0 Å². The van der Waals surface area contributed by atoms with Crippen LogP contribution in [0.25, 0.3) is 0 Å². The van der Waals surface area contributed by atoms with Crippen molar-refractivity contribution in [3.05, 3.63) is 0 Å². The summed E-state index contributed by atoms with van der Waals surface area (Å²) in [6, 6.07) is 0. The highest BCUT2D eigenvalue weighted by Gasteiger charge is 2.39. The van der Waals surface area contributed by atoms with Gasteiger partial charge in [0.15, 0.2) is 5.96 Å². The first-order chi connectivity index (χ1) is 14.3. The van der Waals surface area contributed by atoms with E-state index in [-0.39, 0.29) is 29.5 Å². The van der Waals surface area contributed by atoms with Crippen molar-refractivity contribution in [1.29, 1.82) is 0 Å². The topological polar surface area (TPSA) is 58.6 Å². The summed E-state index contributed by atoms with van der Waals surface area (Å²) in [4.78, 5) is 10.3. The number of nitrogens with zero attached hydrogens (tertiary/aromatic N) is 3. The molecule has 1 aliphatic carbocycles. The van der Waals surface area contributed by atoms with Gasteiger partial charge in [-0.05, 0) is 26.2 Å². The number of aliphatic imine (C=N–C) groups is 1. The SMILES string of the molecule is CCNC(=NCC1(N2CCOCC2)CCCCC1)N1CCC(COCCOC)C1.I. The molecule has 0 amide bonds. The second kappa shape index (κ2) is 14.1. The van der Waals surface area contributed by atoms with Crippen molar-refractivity contribution < 1.29 is 14.2 Å². The van der Waals surface area contributed by atoms with Gasteiger partial charge in [-0.3, -0.25) is 9.89 Å². The molecule has 0 aromatic heterocycles. The van der Waals surface area contributed by atoms with Gasteiger partial charge in [-0.1, -0.05) is 19.3 Å². The maximum Gasteiger partial charge on any atom is 0.193 e. The highest BCUT2D eigenvalue weighted by atomic mass is 127. The van der Waals surface area contributed by atoms with E-state index in [9.17, 15) is 0 Å². The van der Waals surface area contributed by atoms with Crippen molar-refractivity contribution in [3.63, 3.8) is 0 Å². The largest absolute Gasteiger partial charge is 0.382 e. The Labute approximate surface area is 200 Å². The summed E-state index contributed by atoms with van der Waals surface area (Å²) in [5.74, 6) is 1.67. The molecule has 7 nitrogen and oxygen atoms in total. The second-order valence-corrected chi connectivity index (χ2v) is 8.72. The van der Waals surface area contributed by atoms with Crippen molar-refractivity contribution in [3.8, 4) is 0 Å². The predicted molar refractivity (Wildman–Crippen MR) is 132 cm³/mol. The monoisotopic (exact) mass is 538 g/mol. The van der Waals surface area contributed by atoms with Gasteiger partial charge in [0, 0.05) is 51.3 Å². The standard InChI is InChI=1S/C22H42N4O3.HI/c1-3-23-21(25-10-7-20(17-25)18-29-16-15-27-2)24-19-22(8-5-4-6-9-22)26-11-13-28-14-12-26;/h20H,3-19H2,1-2H3,(H,23,24);1H. The number of methoxy groups -OCH3 is 1. The van der Waals surface area contributed by atoms with Crippen molar-refractivity contribution in [2.75, 3.05) is 79.4 Å². The first-order valence-electron chi connectivity index (χ1n) is 11.7. The van der Waals surface area contributed by atoms with Crippen LogP contribution in [0.5, 0.6) is 0 Å². The van der Waals surface area contributed by atoms with Crippen molar-refractivity contribution in [2.24, 2.45) is 10.9 Å². The average molecular weight is 539 g/mol. The van der Waals surface area contributed by atoms with E-state index in [2.05, 4.69) is 22.0 Å². The first-order valence-corrected chi connectivity index (χ1v) is 11.7. The Morgan fingerprint density at radius 2 is 1.90 bits per heavy atom. The van der Waals surface area contributed by atoms with Gasteiger partial charge in [0.25, 0.3) is 0 Å². The number of likely N-dealkylation sites (tertiary alicyclic amines) is 1. The normalized spacial score (nSPS) is 25.2. The number of guanidine groups is 1. The zero-order chi connectivity index (χ0) is 20.4. The van der Waals surface area contributed by atoms with Crippen molar-refractivity contribution >= 4 is 29.9 Å². The minimum absolute atomic E-state index is 0. The summed E-state index contributed by atoms with van der Waals surface area (Å²) in [7, 11) is 1.72. The van der Waals surface area contributed by atoms with Gasteiger partial charge >= 0.3 is 0 Å². The molecule has 0 spiro atoms. The number of morpholine rings is 1. The van der Waals surface area contributed by atoms with Crippen LogP contribution in [-0.2, 0) is 14.2 Å². The number of halogens is 1. The molecule has 1 saturated carbocycles. The fourth-order valence-corrected chi connectivity index (χ4v) is 5.02. The van der Waals surface area contributed by atoms with E-state index in [0.29, 0.717) is 19.1 Å². The molecule has 3 fully saturated rings. The fraction of sp³-hybridized carbons (Fsp3) is 0.955. The van der Waals surface area contributed by atoms with Crippen molar-refractivity contribution in [1.82, 2.24) is 15.1 Å². The van der Waals surface area contributed by atoms with Crippen LogP contribution in [0.3, 0.4) is 0 Å². The lowest BCUT2D eigenvalue weighted by molar-refractivity contribution is -0.0334. The highest BCUT2D eigenvalue weighted by molar-refractivity contribution is 14.0. The third-order valence-corrected chi connectivity index (χ3v) is 6.69. The lowest BCUT2D eigenvalue weighted by Crippen LogP contribution is -2.56. The summed E-state index contributed by atoms with van der Waals surface area (Å²) < 4.78 is 16.5. The smallest absolute Gasteiger partial charge is 0.193 e. The molecule has 1 atom stereocenters. The van der Waals surface area contributed by atoms with E-state index in [1.165, 1.54) is 38.5 Å².